The van der Waals surface area contributed by atoms with Crippen LogP contribution in [-0.2, 0) is 14.4 Å². The minimum atomic E-state index is -0.723. The zero-order chi connectivity index (χ0) is 23.8. The maximum absolute atomic E-state index is 13.2. The minimum absolute atomic E-state index is 0.0530. The summed E-state index contributed by atoms with van der Waals surface area (Å²) in [5, 5.41) is 29.1. The van der Waals surface area contributed by atoms with Gasteiger partial charge in [0.25, 0.3) is 0 Å². The van der Waals surface area contributed by atoms with Crippen molar-refractivity contribution in [1.29, 1.82) is 10.5 Å². The van der Waals surface area contributed by atoms with Gasteiger partial charge in [-0.15, -0.1) is 0 Å². The third-order valence-electron chi connectivity index (χ3n) is 5.00. The molecule has 1 aliphatic rings. The van der Waals surface area contributed by atoms with E-state index >= 15 is 0 Å². The minimum Gasteiger partial charge on any atom is -0.387 e. The van der Waals surface area contributed by atoms with Crippen molar-refractivity contribution in [2.75, 3.05) is 26.2 Å². The average Bonchev–Trinajstić information content (AvgIpc) is 2.85. The molecule has 2 aromatic carbocycles. The van der Waals surface area contributed by atoms with Crippen molar-refractivity contribution in [2.24, 2.45) is 0 Å². The molecule has 1 heterocycles. The van der Waals surface area contributed by atoms with Crippen LogP contribution in [0.5, 0.6) is 0 Å². The lowest BCUT2D eigenvalue weighted by Gasteiger charge is -2.30. The van der Waals surface area contributed by atoms with Gasteiger partial charge < -0.3 is 15.3 Å². The number of hydrogen-bond acceptors (Lipinski definition) is 6. The predicted molar refractivity (Wildman–Crippen MR) is 120 cm³/mol. The Morgan fingerprint density at radius 3 is 1.76 bits per heavy atom. The number of amides is 2. The normalized spacial score (nSPS) is 15.7. The first kappa shape index (κ1) is 23.1. The van der Waals surface area contributed by atoms with Crippen LogP contribution >= 0.6 is 0 Å². The highest BCUT2D eigenvalue weighted by atomic mass is 16.3. The van der Waals surface area contributed by atoms with Gasteiger partial charge in [0.15, 0.2) is 5.78 Å². The molecule has 0 radical (unpaired) electrons. The molecule has 0 saturated carbocycles. The maximum Gasteiger partial charge on any atom is 0.246 e. The van der Waals surface area contributed by atoms with E-state index in [2.05, 4.69) is 5.32 Å². The zero-order valence-electron chi connectivity index (χ0n) is 17.6. The molecule has 2 amide bonds. The monoisotopic (exact) mass is 440 g/mol. The van der Waals surface area contributed by atoms with Crippen LogP contribution in [0.3, 0.4) is 0 Å². The van der Waals surface area contributed by atoms with E-state index in [1.807, 2.05) is 12.1 Å². The van der Waals surface area contributed by atoms with Gasteiger partial charge in [0, 0.05) is 24.2 Å². The number of carbonyl (C=O) groups is 3. The number of nitrogens with one attached hydrogen (secondary N) is 1. The van der Waals surface area contributed by atoms with E-state index in [0.29, 0.717) is 33.4 Å². The second-order valence-electron chi connectivity index (χ2n) is 7.32. The molecular formula is C25H20N4O4. The van der Waals surface area contributed by atoms with Gasteiger partial charge in [-0.1, -0.05) is 24.3 Å². The highest BCUT2D eigenvalue weighted by Crippen LogP contribution is 2.22. The first-order valence-electron chi connectivity index (χ1n) is 10.0. The Morgan fingerprint density at radius 1 is 0.909 bits per heavy atom. The topological polar surface area (TPSA) is 134 Å². The van der Waals surface area contributed by atoms with Crippen LogP contribution in [0.1, 0.15) is 22.3 Å². The van der Waals surface area contributed by atoms with Gasteiger partial charge in [0.2, 0.25) is 11.8 Å². The lowest BCUT2D eigenvalue weighted by molar-refractivity contribution is -0.133. The third kappa shape index (κ3) is 6.01. The summed E-state index contributed by atoms with van der Waals surface area (Å²) < 4.78 is 0. The van der Waals surface area contributed by atoms with Crippen molar-refractivity contribution < 1.29 is 19.5 Å². The van der Waals surface area contributed by atoms with Crippen molar-refractivity contribution in [3.63, 3.8) is 0 Å². The molecule has 0 bridgehead atoms. The first-order valence-corrected chi connectivity index (χ1v) is 10.0. The number of benzene rings is 2. The summed E-state index contributed by atoms with van der Waals surface area (Å²) >= 11 is 0. The second kappa shape index (κ2) is 10.7. The van der Waals surface area contributed by atoms with Crippen LogP contribution in [0.15, 0.2) is 59.7 Å². The van der Waals surface area contributed by atoms with E-state index in [9.17, 15) is 14.4 Å². The largest absolute Gasteiger partial charge is 0.387 e. The molecule has 164 valence electrons. The summed E-state index contributed by atoms with van der Waals surface area (Å²) in [5.74, 6) is -1.29. The molecule has 1 saturated heterocycles. The van der Waals surface area contributed by atoms with Crippen molar-refractivity contribution in [1.82, 2.24) is 10.2 Å². The van der Waals surface area contributed by atoms with E-state index < -0.39 is 18.4 Å². The number of nitrogens with zero attached hydrogens (tertiary/aromatic N) is 3. The number of ketones is 1. The molecule has 2 N–H and O–H groups in total. The summed E-state index contributed by atoms with van der Waals surface area (Å²) in [6.45, 7) is -0.921. The fraction of sp³-hybridized carbons (Fsp3) is 0.160. The Kier molecular flexibility index (Phi) is 7.48. The molecule has 8 heteroatoms. The van der Waals surface area contributed by atoms with Crippen molar-refractivity contribution in [3.05, 3.63) is 81.9 Å². The number of rotatable bonds is 5. The standard InChI is InChI=1S/C25H20N4O4/c26-11-19-5-1-17(2-6-19)9-21-14-29(24(32)13-28-23(31)16-30)15-22(25(21)33)10-18-3-7-20(12-27)8-4-18/h1-10,30H,13-16H2,(H,28,31)/b21-9+,22-10+. The molecule has 2 aromatic rings. The molecule has 1 fully saturated rings. The predicted octanol–water partition coefficient (Wildman–Crippen LogP) is 1.42. The number of carbonyl (C=O) groups excluding carboxylic acids is 3. The molecule has 8 nitrogen and oxygen atoms in total. The van der Waals surface area contributed by atoms with Crippen LogP contribution < -0.4 is 5.32 Å². The molecule has 0 aliphatic carbocycles. The van der Waals surface area contributed by atoms with Gasteiger partial charge in [0.05, 0.1) is 29.8 Å². The molecule has 1 aliphatic heterocycles. The lowest BCUT2D eigenvalue weighted by atomic mass is 9.94. The van der Waals surface area contributed by atoms with Gasteiger partial charge in [-0.05, 0) is 47.5 Å². The van der Waals surface area contributed by atoms with Crippen molar-refractivity contribution in [2.45, 2.75) is 0 Å². The van der Waals surface area contributed by atoms with Gasteiger partial charge in [-0.2, -0.15) is 10.5 Å². The number of likely N-dealkylation sites (tertiary alicyclic amines) is 1. The first-order chi connectivity index (χ1) is 15.9. The summed E-state index contributed by atoms with van der Waals surface area (Å²) in [5.41, 5.74) is 3.16. The molecule has 0 unspecified atom stereocenters. The molecular weight excluding hydrogens is 420 g/mol. The van der Waals surface area contributed by atoms with Gasteiger partial charge in [-0.25, -0.2) is 0 Å². The highest BCUT2D eigenvalue weighted by Gasteiger charge is 2.29. The van der Waals surface area contributed by atoms with Gasteiger partial charge in [0.1, 0.15) is 6.61 Å². The molecule has 33 heavy (non-hydrogen) atoms. The van der Waals surface area contributed by atoms with E-state index in [1.165, 1.54) is 4.90 Å². The summed E-state index contributed by atoms with van der Waals surface area (Å²) in [7, 11) is 0. The number of aliphatic hydroxyl groups is 1. The zero-order valence-corrected chi connectivity index (χ0v) is 17.6. The van der Waals surface area contributed by atoms with Crippen LogP contribution in [-0.4, -0.2) is 53.8 Å². The smallest absolute Gasteiger partial charge is 0.246 e. The summed E-state index contributed by atoms with van der Waals surface area (Å²) in [6.07, 6.45) is 3.34. The Balaban J connectivity index is 1.93. The third-order valence-corrected chi connectivity index (χ3v) is 5.00. The Hall–Kier alpha value is -4.53. The van der Waals surface area contributed by atoms with Crippen molar-refractivity contribution in [3.8, 4) is 12.1 Å². The van der Waals surface area contributed by atoms with Gasteiger partial charge >= 0.3 is 0 Å². The Bertz CT molecular complexity index is 1130. The van der Waals surface area contributed by atoms with Crippen LogP contribution in [0.25, 0.3) is 12.2 Å². The number of hydrogen-bond donors (Lipinski definition) is 2. The number of aliphatic hydroxyl groups excluding tert-OH is 1. The molecule has 0 spiro atoms. The Morgan fingerprint density at radius 2 is 1.36 bits per heavy atom. The molecule has 3 rings (SSSR count). The van der Waals surface area contributed by atoms with E-state index in [1.54, 1.807) is 60.7 Å². The van der Waals surface area contributed by atoms with Crippen molar-refractivity contribution >= 4 is 29.7 Å². The second-order valence-corrected chi connectivity index (χ2v) is 7.32. The van der Waals surface area contributed by atoms with Crippen LogP contribution in [0.2, 0.25) is 0 Å². The van der Waals surface area contributed by atoms with Crippen LogP contribution in [0, 0.1) is 22.7 Å². The quantitative estimate of drug-likeness (QED) is 0.675. The maximum atomic E-state index is 13.2. The van der Waals surface area contributed by atoms with Gasteiger partial charge in [-0.3, -0.25) is 14.4 Å². The average molecular weight is 440 g/mol. The lowest BCUT2D eigenvalue weighted by Crippen LogP contribution is -2.46. The highest BCUT2D eigenvalue weighted by molar-refractivity contribution is 6.15. The summed E-state index contributed by atoms with van der Waals surface area (Å²) in [4.78, 5) is 38.6. The summed E-state index contributed by atoms with van der Waals surface area (Å²) in [6, 6.07) is 17.5. The number of Topliss-reactive ketones (excluding diaryl/α,β-unsaturated/α-hetero) is 1. The Labute approximate surface area is 190 Å². The van der Waals surface area contributed by atoms with E-state index in [4.69, 9.17) is 15.6 Å². The fourth-order valence-corrected chi connectivity index (χ4v) is 3.27. The number of nitriles is 2. The van der Waals surface area contributed by atoms with Crippen LogP contribution in [0.4, 0.5) is 0 Å². The fourth-order valence-electron chi connectivity index (χ4n) is 3.27. The SMILES string of the molecule is N#Cc1ccc(/C=C2\CN(C(=O)CNC(=O)CO)C/C(=C\c3ccc(C#N)cc3)C2=O)cc1. The van der Waals surface area contributed by atoms with E-state index in [-0.39, 0.29) is 25.4 Å². The van der Waals surface area contributed by atoms with E-state index in [0.717, 1.165) is 0 Å². The molecule has 0 atom stereocenters. The molecule has 0 aromatic heterocycles. The number of piperidine rings is 1.